The van der Waals surface area contributed by atoms with Gasteiger partial charge in [0.25, 0.3) is 0 Å². The van der Waals surface area contributed by atoms with E-state index in [1.54, 1.807) is 12.1 Å². The number of hydrogen-bond donors (Lipinski definition) is 1. The van der Waals surface area contributed by atoms with Crippen LogP contribution in [0.4, 0.5) is 0 Å². The zero-order chi connectivity index (χ0) is 22.2. The number of rotatable bonds is 4. The van der Waals surface area contributed by atoms with Crippen molar-refractivity contribution in [2.24, 2.45) is 0 Å². The molecule has 0 spiro atoms. The van der Waals surface area contributed by atoms with Gasteiger partial charge >= 0.3 is 0 Å². The van der Waals surface area contributed by atoms with Crippen LogP contribution in [0.15, 0.2) is 97.1 Å². The predicted molar refractivity (Wildman–Crippen MR) is 134 cm³/mol. The quantitative estimate of drug-likeness (QED) is 0.358. The molecule has 1 heteroatoms. The number of phenolic OH excluding ortho intramolecular Hbond substituents is 1. The van der Waals surface area contributed by atoms with Crippen LogP contribution in [-0.2, 0) is 0 Å². The lowest BCUT2D eigenvalue weighted by Gasteiger charge is -2.18. The normalized spacial score (nSPS) is 11.4. The van der Waals surface area contributed by atoms with Crippen LogP contribution in [0.3, 0.4) is 0 Å². The molecule has 1 unspecified atom stereocenters. The van der Waals surface area contributed by atoms with Gasteiger partial charge in [0, 0.05) is 0 Å². The molecule has 1 nitrogen and oxygen atoms in total. The molecular formula is C30H32O. The van der Waals surface area contributed by atoms with E-state index in [9.17, 15) is 5.11 Å². The Labute approximate surface area is 187 Å². The van der Waals surface area contributed by atoms with Crippen molar-refractivity contribution >= 4 is 0 Å². The van der Waals surface area contributed by atoms with Gasteiger partial charge in [0.15, 0.2) is 0 Å². The fourth-order valence-corrected chi connectivity index (χ4v) is 3.68. The highest BCUT2D eigenvalue weighted by molar-refractivity contribution is 5.77. The summed E-state index contributed by atoms with van der Waals surface area (Å²) in [6.07, 6.45) is 1.12. The van der Waals surface area contributed by atoms with E-state index in [0.29, 0.717) is 11.7 Å². The second-order valence-electron chi connectivity index (χ2n) is 8.13. The van der Waals surface area contributed by atoms with Crippen molar-refractivity contribution in [3.8, 4) is 28.0 Å². The van der Waals surface area contributed by atoms with Gasteiger partial charge in [-0.15, -0.1) is 0 Å². The molecule has 1 N–H and O–H groups in total. The van der Waals surface area contributed by atoms with Crippen molar-refractivity contribution in [3.63, 3.8) is 0 Å². The van der Waals surface area contributed by atoms with E-state index < -0.39 is 0 Å². The first-order valence-electron chi connectivity index (χ1n) is 11.0. The van der Waals surface area contributed by atoms with Gasteiger partial charge in [0.05, 0.1) is 0 Å². The maximum absolute atomic E-state index is 9.52. The molecule has 0 aliphatic rings. The fraction of sp³-hybridized carbons (Fsp3) is 0.200. The van der Waals surface area contributed by atoms with Gasteiger partial charge in [0.1, 0.15) is 5.75 Å². The second kappa shape index (κ2) is 10.6. The Balaban J connectivity index is 0.000000330. The van der Waals surface area contributed by atoms with E-state index in [-0.39, 0.29) is 0 Å². The highest BCUT2D eigenvalue weighted by atomic mass is 16.3. The molecule has 4 aromatic rings. The molecule has 4 aromatic carbocycles. The first-order valence-corrected chi connectivity index (χ1v) is 11.0. The van der Waals surface area contributed by atoms with Gasteiger partial charge in [-0.2, -0.15) is 0 Å². The highest BCUT2D eigenvalue weighted by Gasteiger charge is 2.13. The minimum Gasteiger partial charge on any atom is -0.508 e. The average Bonchev–Trinajstić information content (AvgIpc) is 2.80. The van der Waals surface area contributed by atoms with Crippen LogP contribution >= 0.6 is 0 Å². The van der Waals surface area contributed by atoms with Gasteiger partial charge < -0.3 is 5.11 Å². The van der Waals surface area contributed by atoms with Crippen molar-refractivity contribution in [3.05, 3.63) is 114 Å². The SMILES string of the molecule is CCC(C)c1ccc(-c2ccc(O)cc2)cc1-c1ccccc1C.Cc1ccccc1. The topological polar surface area (TPSA) is 20.2 Å². The molecule has 0 aliphatic carbocycles. The largest absolute Gasteiger partial charge is 0.508 e. The summed E-state index contributed by atoms with van der Waals surface area (Å²) in [5.74, 6) is 0.822. The van der Waals surface area contributed by atoms with Crippen LogP contribution < -0.4 is 0 Å². The monoisotopic (exact) mass is 408 g/mol. The summed E-state index contributed by atoms with van der Waals surface area (Å²) in [7, 11) is 0. The molecule has 0 heterocycles. The Bertz CT molecular complexity index is 1090. The maximum Gasteiger partial charge on any atom is 0.115 e. The fourth-order valence-electron chi connectivity index (χ4n) is 3.68. The number of aryl methyl sites for hydroxylation is 2. The van der Waals surface area contributed by atoms with E-state index in [1.807, 2.05) is 30.3 Å². The van der Waals surface area contributed by atoms with Gasteiger partial charge in [-0.05, 0) is 77.8 Å². The molecule has 0 saturated carbocycles. The van der Waals surface area contributed by atoms with Crippen molar-refractivity contribution in [1.82, 2.24) is 0 Å². The number of benzene rings is 4. The van der Waals surface area contributed by atoms with Crippen molar-refractivity contribution in [2.45, 2.75) is 40.0 Å². The van der Waals surface area contributed by atoms with Gasteiger partial charge in [0.2, 0.25) is 0 Å². The number of phenols is 1. The van der Waals surface area contributed by atoms with Crippen LogP contribution in [0.1, 0.15) is 42.9 Å². The first kappa shape index (κ1) is 22.4. The maximum atomic E-state index is 9.52. The van der Waals surface area contributed by atoms with Crippen LogP contribution in [0.25, 0.3) is 22.3 Å². The highest BCUT2D eigenvalue weighted by Crippen LogP contribution is 2.36. The third-order valence-electron chi connectivity index (χ3n) is 5.77. The van der Waals surface area contributed by atoms with E-state index >= 15 is 0 Å². The summed E-state index contributed by atoms with van der Waals surface area (Å²) >= 11 is 0. The lowest BCUT2D eigenvalue weighted by atomic mass is 9.86. The van der Waals surface area contributed by atoms with E-state index in [1.165, 1.54) is 33.4 Å². The number of aromatic hydroxyl groups is 1. The Kier molecular flexibility index (Phi) is 7.67. The zero-order valence-corrected chi connectivity index (χ0v) is 19.0. The molecule has 0 aliphatic heterocycles. The van der Waals surface area contributed by atoms with Crippen molar-refractivity contribution < 1.29 is 5.11 Å². The molecule has 4 rings (SSSR count). The third kappa shape index (κ3) is 5.86. The van der Waals surface area contributed by atoms with Crippen LogP contribution in [0.5, 0.6) is 5.75 Å². The lowest BCUT2D eigenvalue weighted by molar-refractivity contribution is 0.475. The van der Waals surface area contributed by atoms with E-state index in [0.717, 1.165) is 12.0 Å². The molecule has 158 valence electrons. The molecule has 0 fully saturated rings. The average molecular weight is 409 g/mol. The van der Waals surface area contributed by atoms with Crippen molar-refractivity contribution in [2.75, 3.05) is 0 Å². The molecule has 31 heavy (non-hydrogen) atoms. The molecular weight excluding hydrogens is 376 g/mol. The summed E-state index contributed by atoms with van der Waals surface area (Å²) in [6, 6.07) is 33.0. The third-order valence-corrected chi connectivity index (χ3v) is 5.77. The van der Waals surface area contributed by atoms with Gasteiger partial charge in [-0.25, -0.2) is 0 Å². The molecule has 0 saturated heterocycles. The Morgan fingerprint density at radius 1 is 0.677 bits per heavy atom. The minimum absolute atomic E-state index is 0.300. The molecule has 0 aromatic heterocycles. The summed E-state index contributed by atoms with van der Waals surface area (Å²) in [4.78, 5) is 0. The summed E-state index contributed by atoms with van der Waals surface area (Å²) < 4.78 is 0. The standard InChI is InChI=1S/C23H24O.C7H8/c1-4-16(2)22-14-11-19(18-9-12-20(24)13-10-18)15-23(22)21-8-6-5-7-17(21)3;1-7-5-3-2-4-6-7/h5-16,24H,4H2,1-3H3;2-6H,1H3. The Morgan fingerprint density at radius 3 is 1.87 bits per heavy atom. The smallest absolute Gasteiger partial charge is 0.115 e. The minimum atomic E-state index is 0.300. The second-order valence-corrected chi connectivity index (χ2v) is 8.13. The van der Waals surface area contributed by atoms with Crippen molar-refractivity contribution in [1.29, 1.82) is 0 Å². The Morgan fingerprint density at radius 2 is 1.29 bits per heavy atom. The van der Waals surface area contributed by atoms with Crippen LogP contribution in [-0.4, -0.2) is 5.11 Å². The van der Waals surface area contributed by atoms with E-state index in [4.69, 9.17) is 0 Å². The van der Waals surface area contributed by atoms with Crippen LogP contribution in [0.2, 0.25) is 0 Å². The van der Waals surface area contributed by atoms with E-state index in [2.05, 4.69) is 82.3 Å². The molecule has 0 radical (unpaired) electrons. The predicted octanol–water partition coefficient (Wildman–Crippen LogP) is 8.54. The lowest BCUT2D eigenvalue weighted by Crippen LogP contribution is -1.97. The summed E-state index contributed by atoms with van der Waals surface area (Å²) in [5, 5.41) is 9.52. The molecule has 0 amide bonds. The van der Waals surface area contributed by atoms with Gasteiger partial charge in [-0.3, -0.25) is 0 Å². The first-order chi connectivity index (χ1) is 15.0. The Hall–Kier alpha value is -3.32. The van der Waals surface area contributed by atoms with Crippen LogP contribution in [0, 0.1) is 13.8 Å². The summed E-state index contributed by atoms with van der Waals surface area (Å²) in [5.41, 5.74) is 8.93. The number of hydrogen-bond acceptors (Lipinski definition) is 1. The molecule has 1 atom stereocenters. The zero-order valence-electron chi connectivity index (χ0n) is 19.0. The molecule has 0 bridgehead atoms. The van der Waals surface area contributed by atoms with Gasteiger partial charge in [-0.1, -0.05) is 98.3 Å². The summed E-state index contributed by atoms with van der Waals surface area (Å²) in [6.45, 7) is 8.78.